The van der Waals surface area contributed by atoms with Crippen LogP contribution in [-0.2, 0) is 0 Å². The molecule has 0 atom stereocenters. The number of amides is 2. The van der Waals surface area contributed by atoms with Crippen molar-refractivity contribution in [2.24, 2.45) is 16.0 Å². The predicted molar refractivity (Wildman–Crippen MR) is 75.0 cm³/mol. The van der Waals surface area contributed by atoms with Crippen molar-refractivity contribution in [2.45, 2.75) is 23.6 Å². The zero-order chi connectivity index (χ0) is 13.5. The highest BCUT2D eigenvalue weighted by molar-refractivity contribution is 8.00. The fourth-order valence-corrected chi connectivity index (χ4v) is 2.97. The smallest absolute Gasteiger partial charge is 0.356 e. The highest BCUT2D eigenvalue weighted by Gasteiger charge is 2.11. The lowest BCUT2D eigenvalue weighted by molar-refractivity contribution is 0.255. The molecule has 0 fully saturated rings. The van der Waals surface area contributed by atoms with Gasteiger partial charge in [-0.3, -0.25) is 0 Å². The topological polar surface area (TPSA) is 88.0 Å². The number of aromatic hydroxyl groups is 1. The number of azo groups is 1. The molecule has 0 saturated carbocycles. The van der Waals surface area contributed by atoms with E-state index in [0.29, 0.717) is 5.69 Å². The Hall–Kier alpha value is -1.21. The van der Waals surface area contributed by atoms with Crippen LogP contribution in [0.5, 0.6) is 5.75 Å². The Morgan fingerprint density at radius 1 is 1.28 bits per heavy atom. The zero-order valence-electron chi connectivity index (χ0n) is 10.2. The van der Waals surface area contributed by atoms with Crippen molar-refractivity contribution in [1.82, 2.24) is 0 Å². The van der Waals surface area contributed by atoms with E-state index in [9.17, 15) is 9.90 Å². The second kappa shape index (κ2) is 7.27. The van der Waals surface area contributed by atoms with Gasteiger partial charge in [-0.25, -0.2) is 4.79 Å². The minimum Gasteiger partial charge on any atom is -0.508 e. The molecular formula is C11H15N3O2S2. The number of phenols is 1. The number of urea groups is 1. The number of hydrogen-bond donors (Lipinski definition) is 2. The molecule has 1 aromatic rings. The van der Waals surface area contributed by atoms with Crippen molar-refractivity contribution in [2.75, 3.05) is 11.5 Å². The zero-order valence-corrected chi connectivity index (χ0v) is 11.8. The summed E-state index contributed by atoms with van der Waals surface area (Å²) in [6.07, 6.45) is 0. The van der Waals surface area contributed by atoms with E-state index < -0.39 is 6.03 Å². The molecule has 98 valence electrons. The van der Waals surface area contributed by atoms with E-state index in [-0.39, 0.29) is 5.75 Å². The van der Waals surface area contributed by atoms with E-state index in [4.69, 9.17) is 5.73 Å². The lowest BCUT2D eigenvalue weighted by Crippen LogP contribution is -2.02. The van der Waals surface area contributed by atoms with Gasteiger partial charge in [0.25, 0.3) is 0 Å². The molecule has 0 aliphatic carbocycles. The fourth-order valence-electron chi connectivity index (χ4n) is 1.30. The highest BCUT2D eigenvalue weighted by Crippen LogP contribution is 2.41. The van der Waals surface area contributed by atoms with Crippen LogP contribution in [0.2, 0.25) is 0 Å². The van der Waals surface area contributed by atoms with E-state index in [1.165, 1.54) is 23.5 Å². The molecule has 1 rings (SSSR count). The van der Waals surface area contributed by atoms with Crippen LogP contribution < -0.4 is 5.73 Å². The Morgan fingerprint density at radius 2 is 1.78 bits per heavy atom. The number of carbonyl (C=O) groups is 1. The van der Waals surface area contributed by atoms with E-state index in [1.807, 2.05) is 13.8 Å². The van der Waals surface area contributed by atoms with Gasteiger partial charge < -0.3 is 10.8 Å². The molecule has 5 nitrogen and oxygen atoms in total. The van der Waals surface area contributed by atoms with Gasteiger partial charge in [-0.05, 0) is 23.6 Å². The fraction of sp³-hybridized carbons (Fsp3) is 0.364. The quantitative estimate of drug-likeness (QED) is 0.636. The summed E-state index contributed by atoms with van der Waals surface area (Å²) in [5.41, 5.74) is 5.54. The van der Waals surface area contributed by atoms with Crippen molar-refractivity contribution in [1.29, 1.82) is 0 Å². The first kappa shape index (κ1) is 14.8. The van der Waals surface area contributed by atoms with Gasteiger partial charge in [0.15, 0.2) is 0 Å². The van der Waals surface area contributed by atoms with Crippen LogP contribution in [0.15, 0.2) is 32.2 Å². The number of rotatable bonds is 5. The molecule has 0 saturated heterocycles. The first-order chi connectivity index (χ1) is 8.58. The molecule has 0 aliphatic heterocycles. The van der Waals surface area contributed by atoms with Crippen molar-refractivity contribution in [3.05, 3.63) is 12.1 Å². The predicted octanol–water partition coefficient (Wildman–Crippen LogP) is 3.78. The van der Waals surface area contributed by atoms with Crippen molar-refractivity contribution < 1.29 is 9.90 Å². The van der Waals surface area contributed by atoms with Crippen LogP contribution in [0.4, 0.5) is 10.5 Å². The van der Waals surface area contributed by atoms with Gasteiger partial charge in [-0.15, -0.1) is 28.6 Å². The summed E-state index contributed by atoms with van der Waals surface area (Å²) < 4.78 is 0. The second-order valence-electron chi connectivity index (χ2n) is 3.19. The molecule has 0 bridgehead atoms. The summed E-state index contributed by atoms with van der Waals surface area (Å²) in [6, 6.07) is 2.40. The van der Waals surface area contributed by atoms with E-state index in [0.717, 1.165) is 21.3 Å². The monoisotopic (exact) mass is 285 g/mol. The number of primary amides is 1. The number of thioether (sulfide) groups is 2. The third-order valence-electron chi connectivity index (χ3n) is 1.87. The maximum Gasteiger partial charge on any atom is 0.356 e. The van der Waals surface area contributed by atoms with Gasteiger partial charge in [0.05, 0.1) is 0 Å². The molecule has 1 aromatic carbocycles. The van der Waals surface area contributed by atoms with Crippen LogP contribution >= 0.6 is 23.5 Å². The van der Waals surface area contributed by atoms with Gasteiger partial charge in [-0.2, -0.15) is 0 Å². The molecule has 3 N–H and O–H groups in total. The minimum absolute atomic E-state index is 0.180. The number of hydrogen-bond acceptors (Lipinski definition) is 5. The molecule has 2 amide bonds. The molecule has 0 spiro atoms. The van der Waals surface area contributed by atoms with Crippen LogP contribution in [0, 0.1) is 0 Å². The average Bonchev–Trinajstić information content (AvgIpc) is 2.28. The van der Waals surface area contributed by atoms with Crippen LogP contribution in [0.25, 0.3) is 0 Å². The van der Waals surface area contributed by atoms with Gasteiger partial charge in [0.1, 0.15) is 11.4 Å². The minimum atomic E-state index is -0.831. The highest BCUT2D eigenvalue weighted by atomic mass is 32.2. The van der Waals surface area contributed by atoms with E-state index in [1.54, 1.807) is 12.1 Å². The van der Waals surface area contributed by atoms with Crippen molar-refractivity contribution in [3.63, 3.8) is 0 Å². The molecule has 0 aromatic heterocycles. The first-order valence-electron chi connectivity index (χ1n) is 5.42. The SMILES string of the molecule is CCSc1cc(O)cc(SCC)c1N=NC(N)=O. The maximum atomic E-state index is 10.7. The average molecular weight is 285 g/mol. The molecule has 0 radical (unpaired) electrons. The van der Waals surface area contributed by atoms with Crippen molar-refractivity contribution >= 4 is 35.2 Å². The Labute approximate surface area is 114 Å². The Bertz CT molecular complexity index is 437. The summed E-state index contributed by atoms with van der Waals surface area (Å²) in [7, 11) is 0. The summed E-state index contributed by atoms with van der Waals surface area (Å²) in [4.78, 5) is 12.3. The Morgan fingerprint density at radius 3 is 2.17 bits per heavy atom. The molecule has 0 aliphatic rings. The molecule has 0 unspecified atom stereocenters. The number of nitrogens with zero attached hydrogens (tertiary/aromatic N) is 2. The molecule has 18 heavy (non-hydrogen) atoms. The van der Waals surface area contributed by atoms with Crippen molar-refractivity contribution in [3.8, 4) is 5.75 Å². The lowest BCUT2D eigenvalue weighted by Gasteiger charge is -2.09. The van der Waals surface area contributed by atoms with Gasteiger partial charge >= 0.3 is 6.03 Å². The van der Waals surface area contributed by atoms with Crippen LogP contribution in [-0.4, -0.2) is 22.6 Å². The standard InChI is InChI=1S/C11H15N3O2S2/c1-3-17-8-5-7(15)6-9(18-4-2)10(8)13-14-11(12)16/h5-6,15H,3-4H2,1-2H3,(H2,12,16). The summed E-state index contributed by atoms with van der Waals surface area (Å²) in [6.45, 7) is 3.99. The molecule has 7 heteroatoms. The third-order valence-corrected chi connectivity index (χ3v) is 3.69. The van der Waals surface area contributed by atoms with Crippen LogP contribution in [0.3, 0.4) is 0 Å². The number of benzene rings is 1. The third kappa shape index (κ3) is 4.23. The number of nitrogens with two attached hydrogens (primary N) is 1. The largest absolute Gasteiger partial charge is 0.508 e. The lowest BCUT2D eigenvalue weighted by atomic mass is 10.3. The molecular weight excluding hydrogens is 270 g/mol. The van der Waals surface area contributed by atoms with Crippen LogP contribution in [0.1, 0.15) is 13.8 Å². The van der Waals surface area contributed by atoms with Gasteiger partial charge in [-0.1, -0.05) is 19.0 Å². The summed E-state index contributed by atoms with van der Waals surface area (Å²) in [5.74, 6) is 1.84. The number of carbonyl (C=O) groups excluding carboxylic acids is 1. The van der Waals surface area contributed by atoms with Gasteiger partial charge in [0, 0.05) is 9.79 Å². The Kier molecular flexibility index (Phi) is 6.00. The summed E-state index contributed by atoms with van der Waals surface area (Å²) >= 11 is 3.06. The summed E-state index contributed by atoms with van der Waals surface area (Å²) in [5, 5.41) is 16.9. The molecule has 0 heterocycles. The normalized spacial score (nSPS) is 11.0. The first-order valence-corrected chi connectivity index (χ1v) is 7.39. The number of phenolic OH excluding ortho intramolecular Hbond substituents is 1. The van der Waals surface area contributed by atoms with E-state index >= 15 is 0 Å². The maximum absolute atomic E-state index is 10.7. The van der Waals surface area contributed by atoms with E-state index in [2.05, 4.69) is 10.2 Å². The Balaban J connectivity index is 3.25. The second-order valence-corrected chi connectivity index (χ2v) is 5.81. The van der Waals surface area contributed by atoms with Gasteiger partial charge in [0.2, 0.25) is 0 Å².